The normalized spacial score (nSPS) is 15.3. The lowest BCUT2D eigenvalue weighted by molar-refractivity contribution is 0.390. The van der Waals surface area contributed by atoms with E-state index < -0.39 is 0 Å². The number of likely N-dealkylation sites (N-methyl/N-ethyl adjacent to an activating group) is 1. The predicted molar refractivity (Wildman–Crippen MR) is 140 cm³/mol. The van der Waals surface area contributed by atoms with Gasteiger partial charge in [0, 0.05) is 62.9 Å². The van der Waals surface area contributed by atoms with Crippen LogP contribution in [-0.2, 0) is 0 Å². The zero-order valence-corrected chi connectivity index (χ0v) is 20.0. The van der Waals surface area contributed by atoms with E-state index in [-0.39, 0.29) is 0 Å². The summed E-state index contributed by atoms with van der Waals surface area (Å²) in [7, 11) is 12.4. The zero-order chi connectivity index (χ0) is 23.1. The van der Waals surface area contributed by atoms with Crippen LogP contribution >= 0.6 is 0 Å². The van der Waals surface area contributed by atoms with Crippen molar-refractivity contribution < 1.29 is 0 Å². The number of allylic oxidation sites excluding steroid dienone is 5. The summed E-state index contributed by atoms with van der Waals surface area (Å²) in [6.07, 6.45) is 14.7. The molecular formula is C28H34N4. The Labute approximate surface area is 193 Å². The average molecular weight is 427 g/mol. The van der Waals surface area contributed by atoms with Gasteiger partial charge in [-0.3, -0.25) is 9.89 Å². The first-order valence-corrected chi connectivity index (χ1v) is 10.9. The number of rotatable bonds is 7. The Morgan fingerprint density at radius 2 is 1.19 bits per heavy atom. The molecule has 0 saturated carbocycles. The maximum Gasteiger partial charge on any atom is 0.0774 e. The van der Waals surface area contributed by atoms with Gasteiger partial charge in [-0.1, -0.05) is 54.6 Å². The summed E-state index contributed by atoms with van der Waals surface area (Å²) >= 11 is 0. The first-order valence-electron chi connectivity index (χ1n) is 10.9. The molecule has 4 nitrogen and oxygen atoms in total. The van der Waals surface area contributed by atoms with Gasteiger partial charge in [0.25, 0.3) is 0 Å². The largest absolute Gasteiger partial charge is 0.378 e. The van der Waals surface area contributed by atoms with E-state index in [0.29, 0.717) is 6.04 Å². The van der Waals surface area contributed by atoms with Crippen molar-refractivity contribution in [2.75, 3.05) is 52.1 Å². The van der Waals surface area contributed by atoms with Crippen molar-refractivity contribution in [3.05, 3.63) is 108 Å². The van der Waals surface area contributed by atoms with E-state index in [1.807, 2.05) is 12.3 Å². The molecule has 0 amide bonds. The summed E-state index contributed by atoms with van der Waals surface area (Å²) < 4.78 is 0. The molecule has 1 aliphatic rings. The van der Waals surface area contributed by atoms with E-state index >= 15 is 0 Å². The lowest BCUT2D eigenvalue weighted by Crippen LogP contribution is -2.24. The highest BCUT2D eigenvalue weighted by molar-refractivity contribution is 6.13. The van der Waals surface area contributed by atoms with E-state index in [1.165, 1.54) is 16.9 Å². The minimum atomic E-state index is 0.357. The molecule has 0 fully saturated rings. The van der Waals surface area contributed by atoms with Crippen molar-refractivity contribution in [2.45, 2.75) is 6.04 Å². The Hall–Kier alpha value is -3.37. The Kier molecular flexibility index (Phi) is 7.85. The van der Waals surface area contributed by atoms with Crippen molar-refractivity contribution >= 4 is 17.1 Å². The van der Waals surface area contributed by atoms with Crippen LogP contribution in [0.1, 0.15) is 11.1 Å². The van der Waals surface area contributed by atoms with E-state index in [9.17, 15) is 0 Å². The van der Waals surface area contributed by atoms with E-state index in [2.05, 4.69) is 136 Å². The number of aliphatic imine (C=N–C) groups is 1. The molecule has 2 aromatic carbocycles. The molecule has 2 aromatic rings. The minimum Gasteiger partial charge on any atom is -0.378 e. The maximum atomic E-state index is 4.85. The molecule has 0 N–H and O–H groups in total. The van der Waals surface area contributed by atoms with Crippen molar-refractivity contribution in [3.8, 4) is 0 Å². The van der Waals surface area contributed by atoms with Crippen molar-refractivity contribution in [2.24, 2.45) is 4.99 Å². The number of hydrogen-bond acceptors (Lipinski definition) is 4. The molecule has 4 heteroatoms. The van der Waals surface area contributed by atoms with Gasteiger partial charge < -0.3 is 9.80 Å². The fourth-order valence-electron chi connectivity index (χ4n) is 3.42. The molecule has 0 saturated heterocycles. The molecule has 0 aromatic heterocycles. The van der Waals surface area contributed by atoms with E-state index in [0.717, 1.165) is 16.8 Å². The Morgan fingerprint density at radius 3 is 1.59 bits per heavy atom. The van der Waals surface area contributed by atoms with Crippen molar-refractivity contribution in [1.82, 2.24) is 4.90 Å². The van der Waals surface area contributed by atoms with E-state index in [1.54, 1.807) is 0 Å². The van der Waals surface area contributed by atoms with Gasteiger partial charge in [0.2, 0.25) is 0 Å². The molecular weight excluding hydrogens is 392 g/mol. The zero-order valence-electron chi connectivity index (χ0n) is 20.0. The predicted octanol–water partition coefficient (Wildman–Crippen LogP) is 5.15. The van der Waals surface area contributed by atoms with Crippen LogP contribution in [0, 0.1) is 0 Å². The third-order valence-electron chi connectivity index (χ3n) is 5.46. The first-order chi connectivity index (χ1) is 15.3. The Balaban J connectivity index is 1.87. The van der Waals surface area contributed by atoms with Gasteiger partial charge in [-0.05, 0) is 50.0 Å². The van der Waals surface area contributed by atoms with Crippen LogP contribution in [0.2, 0.25) is 0 Å². The molecule has 0 unspecified atom stereocenters. The summed E-state index contributed by atoms with van der Waals surface area (Å²) in [6, 6.07) is 17.4. The van der Waals surface area contributed by atoms with Crippen LogP contribution in [0.4, 0.5) is 11.4 Å². The molecule has 166 valence electrons. The third-order valence-corrected chi connectivity index (χ3v) is 5.46. The van der Waals surface area contributed by atoms with Crippen LogP contribution in [0.5, 0.6) is 0 Å². The second kappa shape index (κ2) is 10.8. The summed E-state index contributed by atoms with van der Waals surface area (Å²) in [6.45, 7) is 0. The third kappa shape index (κ3) is 6.08. The molecule has 0 heterocycles. The quantitative estimate of drug-likeness (QED) is 0.572. The molecule has 0 radical (unpaired) electrons. The second-order valence-electron chi connectivity index (χ2n) is 8.54. The minimum absolute atomic E-state index is 0.357. The molecule has 32 heavy (non-hydrogen) atoms. The van der Waals surface area contributed by atoms with E-state index in [4.69, 9.17) is 4.99 Å². The standard InChI is InChI=1S/C28H34N4/c1-30(2)25-15-9-22(10-16-25)8-7-21-29-28(23-11-17-26(18-12-23)31(3)4)24-13-19-27(20-14-24)32(5)6/h7-21,25H,1-6H3. The van der Waals surface area contributed by atoms with Gasteiger partial charge >= 0.3 is 0 Å². The van der Waals surface area contributed by atoms with Gasteiger partial charge in [0.15, 0.2) is 0 Å². The highest BCUT2D eigenvalue weighted by atomic mass is 15.1. The van der Waals surface area contributed by atoms with Crippen LogP contribution in [0.25, 0.3) is 0 Å². The molecule has 0 spiro atoms. The molecule has 0 atom stereocenters. The summed E-state index contributed by atoms with van der Waals surface area (Å²) in [5, 5.41) is 0. The molecule has 0 aliphatic heterocycles. The van der Waals surface area contributed by atoms with Crippen LogP contribution in [0.3, 0.4) is 0 Å². The summed E-state index contributed by atoms with van der Waals surface area (Å²) in [5.74, 6) is 0. The second-order valence-corrected chi connectivity index (χ2v) is 8.54. The van der Waals surface area contributed by atoms with Gasteiger partial charge in [-0.25, -0.2) is 0 Å². The maximum absolute atomic E-state index is 4.85. The molecule has 0 bridgehead atoms. The summed E-state index contributed by atoms with van der Waals surface area (Å²) in [5.41, 5.74) is 6.65. The molecule has 1 aliphatic carbocycles. The number of hydrogen-bond donors (Lipinski definition) is 0. The van der Waals surface area contributed by atoms with Crippen molar-refractivity contribution in [1.29, 1.82) is 0 Å². The number of nitrogens with zero attached hydrogens (tertiary/aromatic N) is 4. The fraction of sp³-hybridized carbons (Fsp3) is 0.250. The highest BCUT2D eigenvalue weighted by Gasteiger charge is 2.08. The Morgan fingerprint density at radius 1 is 0.719 bits per heavy atom. The van der Waals surface area contributed by atoms with Crippen LogP contribution in [-0.4, -0.2) is 58.9 Å². The van der Waals surface area contributed by atoms with Gasteiger partial charge in [0.05, 0.1) is 5.71 Å². The summed E-state index contributed by atoms with van der Waals surface area (Å²) in [4.78, 5) is 11.2. The van der Waals surface area contributed by atoms with Gasteiger partial charge in [-0.2, -0.15) is 0 Å². The van der Waals surface area contributed by atoms with Crippen molar-refractivity contribution in [3.63, 3.8) is 0 Å². The monoisotopic (exact) mass is 426 g/mol. The number of benzene rings is 2. The smallest absolute Gasteiger partial charge is 0.0774 e. The van der Waals surface area contributed by atoms with Gasteiger partial charge in [0.1, 0.15) is 0 Å². The SMILES string of the molecule is CN(C)c1ccc(C(=NC=CC=C2C=CC(N(C)C)C=C2)c2ccc(N(C)C)cc2)cc1. The molecule has 3 rings (SSSR count). The Bertz CT molecular complexity index is 964. The van der Waals surface area contributed by atoms with Crippen LogP contribution in [0.15, 0.2) is 102 Å². The lowest BCUT2D eigenvalue weighted by Gasteiger charge is -2.19. The highest BCUT2D eigenvalue weighted by Crippen LogP contribution is 2.19. The first kappa shape index (κ1) is 23.3. The topological polar surface area (TPSA) is 22.1 Å². The van der Waals surface area contributed by atoms with Crippen LogP contribution < -0.4 is 9.80 Å². The van der Waals surface area contributed by atoms with Gasteiger partial charge in [-0.15, -0.1) is 0 Å². The number of anilines is 2. The lowest BCUT2D eigenvalue weighted by atomic mass is 10.0. The average Bonchev–Trinajstić information content (AvgIpc) is 2.79. The fourth-order valence-corrected chi connectivity index (χ4v) is 3.42.